The minimum absolute atomic E-state index is 0.00420. The number of benzene rings is 8. The van der Waals surface area contributed by atoms with Crippen LogP contribution in [0.15, 0.2) is 244 Å². The van der Waals surface area contributed by atoms with Gasteiger partial charge in [0.15, 0.2) is 23.1 Å². The normalized spacial score (nSPS) is 15.2. The number of anilines is 5. The van der Waals surface area contributed by atoms with E-state index in [-0.39, 0.29) is 49.3 Å². The fraction of sp³-hybridized carbons (Fsp3) is 0.178. The smallest absolute Gasteiger partial charge is 0.188 e. The van der Waals surface area contributed by atoms with Crippen LogP contribution in [0, 0.1) is 20.8 Å². The number of allylic oxidation sites excluding steroid dienone is 4. The predicted octanol–water partition coefficient (Wildman–Crippen LogP) is 15.9. The second-order valence-electron chi connectivity index (χ2n) is 22.3. The van der Waals surface area contributed by atoms with Crippen molar-refractivity contribution in [3.63, 3.8) is 0 Å². The van der Waals surface area contributed by atoms with Gasteiger partial charge in [0, 0.05) is 124 Å². The lowest BCUT2D eigenvalue weighted by atomic mass is 10.1. The van der Waals surface area contributed by atoms with Gasteiger partial charge in [0.05, 0.1) is 66.2 Å². The average molecular weight is 1400 g/mol. The molecule has 8 aromatic rings. The Hall–Kier alpha value is -7.89. The van der Waals surface area contributed by atoms with Crippen LogP contribution in [0.2, 0.25) is 0 Å². The van der Waals surface area contributed by atoms with Gasteiger partial charge in [-0.2, -0.15) is 0 Å². The summed E-state index contributed by atoms with van der Waals surface area (Å²) in [6.07, 6.45) is 6.78. The first-order chi connectivity index (χ1) is 44.4. The molecule has 0 saturated carbocycles. The third-order valence-electron chi connectivity index (χ3n) is 15.1. The SMILES string of the molecule is CN(C)c1ccc(C(=O)/C=C2/Sc3ccccc3N2C)cc1.Cc1ccc(C(=O)/C=C2/Sc3ccc(Br)cc3N2C)cc1.Cc1ccc(C(=O)/C=C2/Sc3ccc(CO)cc3N2C)cc1.Cc1cccc(C(=O)/C=C2/Sc3ccc(CO)cc3N2CCCS(=O)(=O)[O-])c1. The molecule has 4 aliphatic heterocycles. The maximum Gasteiger partial charge on any atom is 0.188 e. The van der Waals surface area contributed by atoms with Crippen LogP contribution in [0.5, 0.6) is 0 Å². The van der Waals surface area contributed by atoms with E-state index in [0.29, 0.717) is 27.3 Å². The number of ketones is 4. The molecular weight excluding hydrogens is 1330 g/mol. The number of carbonyl (C=O) groups excluding carboxylic acids is 4. The third kappa shape index (κ3) is 18.1. The highest BCUT2D eigenvalue weighted by atomic mass is 79.9. The van der Waals surface area contributed by atoms with E-state index in [1.807, 2.05) is 210 Å². The molecule has 14 nitrogen and oxygen atoms in total. The maximum absolute atomic E-state index is 12.7. The molecule has 2 N–H and O–H groups in total. The first-order valence-electron chi connectivity index (χ1n) is 29.5. The predicted molar refractivity (Wildman–Crippen MR) is 384 cm³/mol. The Morgan fingerprint density at radius 3 is 1.38 bits per heavy atom. The summed E-state index contributed by atoms with van der Waals surface area (Å²) in [7, 11) is 5.59. The van der Waals surface area contributed by atoms with Crippen molar-refractivity contribution < 1.29 is 42.4 Å². The highest BCUT2D eigenvalue weighted by molar-refractivity contribution is 9.10. The molecule has 0 radical (unpaired) electrons. The Labute approximate surface area is 569 Å². The number of aryl methyl sites for hydroxylation is 3. The lowest BCUT2D eigenvalue weighted by molar-refractivity contribution is 0.103. The summed E-state index contributed by atoms with van der Waals surface area (Å²) in [6.45, 7) is 6.11. The summed E-state index contributed by atoms with van der Waals surface area (Å²) in [4.78, 5) is 64.2. The number of hydrogen-bond acceptors (Lipinski definition) is 18. The average Bonchev–Trinajstić information content (AvgIpc) is 1.70. The van der Waals surface area contributed by atoms with Crippen molar-refractivity contribution in [2.24, 2.45) is 0 Å². The molecule has 0 aliphatic carbocycles. The number of aliphatic hydroxyl groups excluding tert-OH is 2. The summed E-state index contributed by atoms with van der Waals surface area (Å²) in [6, 6.07) is 55.9. The molecule has 93 heavy (non-hydrogen) atoms. The van der Waals surface area contributed by atoms with Crippen molar-refractivity contribution in [2.45, 2.75) is 60.0 Å². The van der Waals surface area contributed by atoms with E-state index >= 15 is 0 Å². The number of halogens is 1. The summed E-state index contributed by atoms with van der Waals surface area (Å²) in [5.41, 5.74) is 12.7. The monoisotopic (exact) mass is 1400 g/mol. The number of rotatable bonds is 15. The number of nitrogens with zero attached hydrogens (tertiary/aromatic N) is 5. The Morgan fingerprint density at radius 1 is 0.473 bits per heavy atom. The van der Waals surface area contributed by atoms with Gasteiger partial charge in [0.2, 0.25) is 0 Å². The van der Waals surface area contributed by atoms with Crippen LogP contribution in [-0.2, 0) is 23.3 Å². The van der Waals surface area contributed by atoms with Gasteiger partial charge in [-0.15, -0.1) is 0 Å². The Kier molecular flexibility index (Phi) is 23.4. The molecule has 0 bridgehead atoms. The second kappa shape index (κ2) is 31.4. The van der Waals surface area contributed by atoms with Crippen molar-refractivity contribution in [3.05, 3.63) is 275 Å². The van der Waals surface area contributed by atoms with Crippen LogP contribution in [0.25, 0.3) is 0 Å². The number of fused-ring (bicyclic) bond motifs is 4. The van der Waals surface area contributed by atoms with Gasteiger partial charge < -0.3 is 39.3 Å². The summed E-state index contributed by atoms with van der Waals surface area (Å²) in [5, 5.41) is 22.1. The summed E-state index contributed by atoms with van der Waals surface area (Å²) < 4.78 is 33.9. The lowest BCUT2D eigenvalue weighted by Crippen LogP contribution is -2.22. The Balaban J connectivity index is 0.000000147. The number of hydrogen-bond donors (Lipinski definition) is 2. The molecule has 478 valence electrons. The first-order valence-corrected chi connectivity index (χ1v) is 35.1. The van der Waals surface area contributed by atoms with Gasteiger partial charge in [0.1, 0.15) is 0 Å². The fourth-order valence-corrected chi connectivity index (χ4v) is 15.0. The molecular formula is C73H69BrN5O9S5-. The van der Waals surface area contributed by atoms with E-state index in [9.17, 15) is 42.4 Å². The first kappa shape index (κ1) is 69.5. The fourth-order valence-electron chi connectivity index (χ4n) is 9.87. The molecule has 8 aromatic carbocycles. The molecule has 0 amide bonds. The highest BCUT2D eigenvalue weighted by Gasteiger charge is 2.28. The highest BCUT2D eigenvalue weighted by Crippen LogP contribution is 2.49. The zero-order valence-electron chi connectivity index (χ0n) is 52.5. The molecule has 4 aliphatic rings. The minimum atomic E-state index is -4.30. The van der Waals surface area contributed by atoms with Gasteiger partial charge >= 0.3 is 0 Å². The zero-order valence-corrected chi connectivity index (χ0v) is 58.2. The van der Waals surface area contributed by atoms with Crippen LogP contribution >= 0.6 is 63.0 Å². The summed E-state index contributed by atoms with van der Waals surface area (Å²) >= 11 is 9.72. The van der Waals surface area contributed by atoms with Crippen molar-refractivity contribution in [1.82, 2.24) is 0 Å². The molecule has 0 saturated heterocycles. The van der Waals surface area contributed by atoms with Crippen molar-refractivity contribution in [1.29, 1.82) is 0 Å². The van der Waals surface area contributed by atoms with Crippen LogP contribution in [-0.4, -0.2) is 93.9 Å². The standard InChI is InChI=1S/C20H21NO5S2.C18H18N2OS.C18H17NO2S.C17H14BrNOS/c1-14-4-2-5-16(10-14)18(23)12-20-21(8-3-9-28(24,25)26)17-11-15(13-22)6-7-19(17)27-20;1-19(2)14-10-8-13(9-11-14)16(21)12-18-20(3)15-6-4-5-7-17(15)22-18;1-12-3-6-14(7-4-12)16(21)10-18-19(2)15-9-13(11-20)5-8-17(15)22-18;1-11-3-5-12(6-4-11)15(20)10-17-19(2)14-9-13(18)7-8-16(14)21-17/h2,4-7,10-12,22H,3,8-9,13H2,1H3,(H,24,25,26);4-12H,1-3H3;3-10,20H,11H2,1-2H3;3-10H,1-2H3/p-1/b20-12+;18-12+;18-10+;17-10+. The Bertz CT molecular complexity index is 4360. The van der Waals surface area contributed by atoms with Crippen molar-refractivity contribution >= 4 is 125 Å². The van der Waals surface area contributed by atoms with Crippen LogP contribution in [0.3, 0.4) is 0 Å². The lowest BCUT2D eigenvalue weighted by Gasteiger charge is -2.21. The number of carbonyl (C=O) groups is 4. The minimum Gasteiger partial charge on any atom is -0.748 e. The molecule has 0 spiro atoms. The van der Waals surface area contributed by atoms with E-state index in [2.05, 4.69) is 50.0 Å². The van der Waals surface area contributed by atoms with Crippen LogP contribution in [0.4, 0.5) is 28.4 Å². The zero-order chi connectivity index (χ0) is 66.7. The van der Waals surface area contributed by atoms with E-state index in [0.717, 1.165) is 85.6 Å². The van der Waals surface area contributed by atoms with Gasteiger partial charge in [-0.1, -0.05) is 171 Å². The van der Waals surface area contributed by atoms with E-state index in [1.165, 1.54) is 27.6 Å². The van der Waals surface area contributed by atoms with Gasteiger partial charge in [-0.05, 0) is 123 Å². The van der Waals surface area contributed by atoms with E-state index < -0.39 is 15.9 Å². The van der Waals surface area contributed by atoms with Crippen LogP contribution < -0.4 is 24.5 Å². The number of para-hydroxylation sites is 1. The maximum atomic E-state index is 12.7. The van der Waals surface area contributed by atoms with E-state index in [1.54, 1.807) is 65.6 Å². The molecule has 20 heteroatoms. The third-order valence-corrected chi connectivity index (χ3v) is 21.0. The number of aliphatic hydroxyl groups is 2. The molecule has 12 rings (SSSR count). The quantitative estimate of drug-likeness (QED) is 0.0561. The number of thioether (sulfide) groups is 4. The van der Waals surface area contributed by atoms with Crippen LogP contribution in [0.1, 0.15) is 75.7 Å². The molecule has 0 atom stereocenters. The molecule has 4 heterocycles. The van der Waals surface area contributed by atoms with Crippen molar-refractivity contribution in [3.8, 4) is 0 Å². The van der Waals surface area contributed by atoms with Crippen molar-refractivity contribution in [2.75, 3.05) is 72.0 Å². The molecule has 0 unspecified atom stereocenters. The largest absolute Gasteiger partial charge is 0.748 e. The molecule has 0 fully saturated rings. The summed E-state index contributed by atoms with van der Waals surface area (Å²) in [5.74, 6) is -0.543. The van der Waals surface area contributed by atoms with Gasteiger partial charge in [0.25, 0.3) is 0 Å². The second-order valence-corrected chi connectivity index (χ2v) is 29.0. The topological polar surface area (TPSA) is 182 Å². The van der Waals surface area contributed by atoms with E-state index in [4.69, 9.17) is 0 Å². The molecule has 0 aromatic heterocycles. The van der Waals surface area contributed by atoms with Gasteiger partial charge in [-0.3, -0.25) is 19.2 Å². The van der Waals surface area contributed by atoms with Gasteiger partial charge in [-0.25, -0.2) is 8.42 Å². The Morgan fingerprint density at radius 2 is 0.892 bits per heavy atom.